The summed E-state index contributed by atoms with van der Waals surface area (Å²) in [6.07, 6.45) is 0. The van der Waals surface area contributed by atoms with E-state index in [1.807, 2.05) is 41.0 Å². The molecule has 3 rings (SSSR count). The maximum absolute atomic E-state index is 12.5. The highest BCUT2D eigenvalue weighted by molar-refractivity contribution is 5.93. The summed E-state index contributed by atoms with van der Waals surface area (Å²) in [5.74, 6) is -0.568. The average molecular weight is 281 g/mol. The SMILES string of the molecule is NC(=O)C(N)Cn1c2ccccc2c(=O)c2ccccc21. The van der Waals surface area contributed by atoms with Crippen LogP contribution in [-0.4, -0.2) is 16.5 Å². The predicted octanol–water partition coefficient (Wildman–Crippen LogP) is 0.967. The lowest BCUT2D eigenvalue weighted by atomic mass is 10.1. The minimum absolute atomic E-state index is 0.0231. The first kappa shape index (κ1) is 13.3. The van der Waals surface area contributed by atoms with E-state index in [2.05, 4.69) is 0 Å². The molecule has 106 valence electrons. The number of aromatic nitrogens is 1. The summed E-state index contributed by atoms with van der Waals surface area (Å²) in [7, 11) is 0. The number of hydrogen-bond acceptors (Lipinski definition) is 3. The molecular weight excluding hydrogens is 266 g/mol. The molecule has 0 saturated carbocycles. The highest BCUT2D eigenvalue weighted by atomic mass is 16.1. The van der Waals surface area contributed by atoms with Crippen molar-refractivity contribution in [2.45, 2.75) is 12.6 Å². The molecule has 0 radical (unpaired) electrons. The van der Waals surface area contributed by atoms with Crippen LogP contribution in [0.15, 0.2) is 53.3 Å². The molecule has 1 aromatic heterocycles. The van der Waals surface area contributed by atoms with Crippen molar-refractivity contribution in [3.63, 3.8) is 0 Å². The zero-order chi connectivity index (χ0) is 15.0. The van der Waals surface area contributed by atoms with E-state index in [0.29, 0.717) is 10.8 Å². The largest absolute Gasteiger partial charge is 0.368 e. The fourth-order valence-corrected chi connectivity index (χ4v) is 2.56. The summed E-state index contributed by atoms with van der Waals surface area (Å²) in [5, 5.41) is 1.21. The van der Waals surface area contributed by atoms with Crippen LogP contribution in [0, 0.1) is 0 Å². The second-order valence-electron chi connectivity index (χ2n) is 4.98. The summed E-state index contributed by atoms with van der Waals surface area (Å²) >= 11 is 0. The van der Waals surface area contributed by atoms with Crippen LogP contribution in [0.1, 0.15) is 0 Å². The number of primary amides is 1. The lowest BCUT2D eigenvalue weighted by Crippen LogP contribution is -2.40. The molecule has 1 heterocycles. The van der Waals surface area contributed by atoms with Crippen LogP contribution in [0.3, 0.4) is 0 Å². The van der Waals surface area contributed by atoms with Crippen LogP contribution in [0.5, 0.6) is 0 Å². The van der Waals surface area contributed by atoms with Gasteiger partial charge in [0.15, 0.2) is 5.43 Å². The minimum Gasteiger partial charge on any atom is -0.368 e. The van der Waals surface area contributed by atoms with Gasteiger partial charge in [-0.1, -0.05) is 24.3 Å². The van der Waals surface area contributed by atoms with E-state index >= 15 is 0 Å². The summed E-state index contributed by atoms with van der Waals surface area (Å²) < 4.78 is 1.88. The van der Waals surface area contributed by atoms with Crippen LogP contribution in [-0.2, 0) is 11.3 Å². The Kier molecular flexibility index (Phi) is 3.19. The number of carbonyl (C=O) groups excluding carboxylic acids is 1. The van der Waals surface area contributed by atoms with Crippen molar-refractivity contribution in [1.29, 1.82) is 0 Å². The number of fused-ring (bicyclic) bond motifs is 2. The third-order valence-corrected chi connectivity index (χ3v) is 3.62. The van der Waals surface area contributed by atoms with E-state index in [1.54, 1.807) is 12.1 Å². The minimum atomic E-state index is -0.806. The number of hydrogen-bond donors (Lipinski definition) is 2. The van der Waals surface area contributed by atoms with E-state index in [1.165, 1.54) is 0 Å². The van der Waals surface area contributed by atoms with Crippen molar-refractivity contribution in [2.24, 2.45) is 11.5 Å². The van der Waals surface area contributed by atoms with Gasteiger partial charge < -0.3 is 16.0 Å². The van der Waals surface area contributed by atoms with Crippen LogP contribution in [0.2, 0.25) is 0 Å². The maximum atomic E-state index is 12.5. The van der Waals surface area contributed by atoms with E-state index in [-0.39, 0.29) is 12.0 Å². The quantitative estimate of drug-likeness (QED) is 0.701. The van der Waals surface area contributed by atoms with Crippen molar-refractivity contribution in [3.05, 3.63) is 58.8 Å². The number of pyridine rings is 1. The number of benzene rings is 2. The second kappa shape index (κ2) is 5.03. The lowest BCUT2D eigenvalue weighted by molar-refractivity contribution is -0.119. The molecule has 0 aliphatic rings. The monoisotopic (exact) mass is 281 g/mol. The van der Waals surface area contributed by atoms with E-state index in [4.69, 9.17) is 11.5 Å². The Labute approximate surface area is 120 Å². The van der Waals surface area contributed by atoms with Gasteiger partial charge >= 0.3 is 0 Å². The number of nitrogens with two attached hydrogens (primary N) is 2. The first-order valence-corrected chi connectivity index (χ1v) is 6.65. The Morgan fingerprint density at radius 3 is 1.95 bits per heavy atom. The summed E-state index contributed by atoms with van der Waals surface area (Å²) in [6, 6.07) is 13.8. The van der Waals surface area contributed by atoms with E-state index in [0.717, 1.165) is 11.0 Å². The molecule has 0 aliphatic heterocycles. The molecule has 1 atom stereocenters. The molecule has 1 amide bonds. The van der Waals surface area contributed by atoms with Crippen molar-refractivity contribution in [2.75, 3.05) is 0 Å². The van der Waals surface area contributed by atoms with Gasteiger partial charge in [0.25, 0.3) is 0 Å². The number of amides is 1. The van der Waals surface area contributed by atoms with Gasteiger partial charge in [-0.15, -0.1) is 0 Å². The van der Waals surface area contributed by atoms with Gasteiger partial charge in [0.05, 0.1) is 11.0 Å². The third-order valence-electron chi connectivity index (χ3n) is 3.62. The molecule has 2 aromatic carbocycles. The van der Waals surface area contributed by atoms with Crippen molar-refractivity contribution in [1.82, 2.24) is 4.57 Å². The van der Waals surface area contributed by atoms with Gasteiger partial charge in [0, 0.05) is 17.3 Å². The van der Waals surface area contributed by atoms with Crippen molar-refractivity contribution in [3.8, 4) is 0 Å². The molecule has 0 aliphatic carbocycles. The summed E-state index contributed by atoms with van der Waals surface area (Å²) in [5.41, 5.74) is 12.5. The van der Waals surface area contributed by atoms with Gasteiger partial charge in [-0.2, -0.15) is 0 Å². The highest BCUT2D eigenvalue weighted by Gasteiger charge is 2.15. The molecule has 4 N–H and O–H groups in total. The molecule has 3 aromatic rings. The first-order chi connectivity index (χ1) is 10.1. The van der Waals surface area contributed by atoms with Crippen molar-refractivity contribution < 1.29 is 4.79 Å². The van der Waals surface area contributed by atoms with Gasteiger partial charge in [0.1, 0.15) is 6.04 Å². The van der Waals surface area contributed by atoms with Gasteiger partial charge in [-0.25, -0.2) is 0 Å². The number of nitrogens with zero attached hydrogens (tertiary/aromatic N) is 1. The fourth-order valence-electron chi connectivity index (χ4n) is 2.56. The molecule has 0 saturated heterocycles. The van der Waals surface area contributed by atoms with Gasteiger partial charge in [-0.05, 0) is 24.3 Å². The fraction of sp³-hybridized carbons (Fsp3) is 0.125. The lowest BCUT2D eigenvalue weighted by Gasteiger charge is -2.17. The molecule has 0 bridgehead atoms. The van der Waals surface area contributed by atoms with Crippen LogP contribution >= 0.6 is 0 Å². The van der Waals surface area contributed by atoms with Crippen LogP contribution in [0.25, 0.3) is 21.8 Å². The molecule has 21 heavy (non-hydrogen) atoms. The van der Waals surface area contributed by atoms with E-state index < -0.39 is 11.9 Å². The van der Waals surface area contributed by atoms with Crippen LogP contribution in [0.4, 0.5) is 0 Å². The smallest absolute Gasteiger partial charge is 0.236 e. The predicted molar refractivity (Wildman–Crippen MR) is 82.9 cm³/mol. The standard InChI is InChI=1S/C16H15N3O2/c17-12(16(18)21)9-19-13-7-3-1-5-10(13)15(20)11-6-2-4-8-14(11)19/h1-8,12H,9,17H2,(H2,18,21). The topological polar surface area (TPSA) is 91.1 Å². The average Bonchev–Trinajstić information content (AvgIpc) is 2.51. The Balaban J connectivity index is 2.40. The number of para-hydroxylation sites is 2. The molecule has 0 fully saturated rings. The third kappa shape index (κ3) is 2.17. The molecule has 0 spiro atoms. The Bertz CT molecular complexity index is 839. The zero-order valence-corrected chi connectivity index (χ0v) is 11.3. The Morgan fingerprint density at radius 1 is 1.00 bits per heavy atom. The zero-order valence-electron chi connectivity index (χ0n) is 11.3. The normalized spacial score (nSPS) is 12.6. The number of rotatable bonds is 3. The molecule has 5 nitrogen and oxygen atoms in total. The van der Waals surface area contributed by atoms with Crippen molar-refractivity contribution >= 4 is 27.7 Å². The van der Waals surface area contributed by atoms with Gasteiger partial charge in [0.2, 0.25) is 5.91 Å². The summed E-state index contributed by atoms with van der Waals surface area (Å²) in [4.78, 5) is 23.8. The molecule has 5 heteroatoms. The van der Waals surface area contributed by atoms with Gasteiger partial charge in [-0.3, -0.25) is 9.59 Å². The highest BCUT2D eigenvalue weighted by Crippen LogP contribution is 2.19. The first-order valence-electron chi connectivity index (χ1n) is 6.65. The number of carbonyl (C=O) groups is 1. The maximum Gasteiger partial charge on any atom is 0.236 e. The Morgan fingerprint density at radius 2 is 1.48 bits per heavy atom. The molecule has 1 unspecified atom stereocenters. The second-order valence-corrected chi connectivity index (χ2v) is 4.98. The Hall–Kier alpha value is -2.66. The molecular formula is C16H15N3O2. The van der Waals surface area contributed by atoms with E-state index in [9.17, 15) is 9.59 Å². The van der Waals surface area contributed by atoms with Crippen LogP contribution < -0.4 is 16.9 Å². The summed E-state index contributed by atoms with van der Waals surface area (Å²) in [6.45, 7) is 0.233.